The van der Waals surface area contributed by atoms with E-state index in [-0.39, 0.29) is 30.0 Å². The number of aromatic hydroxyl groups is 1. The van der Waals surface area contributed by atoms with Crippen LogP contribution in [0.5, 0.6) is 5.75 Å². The van der Waals surface area contributed by atoms with E-state index in [0.717, 1.165) is 5.56 Å². The molecule has 2 rings (SSSR count). The molecule has 0 aliphatic carbocycles. The Morgan fingerprint density at radius 2 is 1.88 bits per heavy atom. The molecule has 7 nitrogen and oxygen atoms in total. The molecule has 1 amide bonds. The first kappa shape index (κ1) is 18.4. The lowest BCUT2D eigenvalue weighted by Crippen LogP contribution is -2.35. The fourth-order valence-corrected chi connectivity index (χ4v) is 2.14. The van der Waals surface area contributed by atoms with Gasteiger partial charge in [-0.25, -0.2) is 4.79 Å². The first-order chi connectivity index (χ1) is 12.0. The molecular weight excluding hydrogens is 326 g/mol. The number of alkyl carbamates (subject to hydrolysis) is 1. The van der Waals surface area contributed by atoms with Gasteiger partial charge >= 0.3 is 6.09 Å². The molecule has 7 heteroatoms. The Hall–Kier alpha value is -2.90. The molecule has 4 N–H and O–H groups in total. The molecule has 0 aliphatic heterocycles. The van der Waals surface area contributed by atoms with Crippen molar-refractivity contribution in [1.29, 1.82) is 0 Å². The minimum atomic E-state index is -1.35. The number of phenolic OH excluding ortho intramolecular Hbond substituents is 1. The number of aliphatic hydroxyl groups excluding tert-OH is 2. The molecule has 0 saturated carbocycles. The van der Waals surface area contributed by atoms with Gasteiger partial charge in [-0.15, -0.1) is 0 Å². The van der Waals surface area contributed by atoms with Crippen LogP contribution in [-0.2, 0) is 11.3 Å². The Morgan fingerprint density at radius 3 is 2.52 bits per heavy atom. The van der Waals surface area contributed by atoms with Crippen LogP contribution in [0, 0.1) is 0 Å². The summed E-state index contributed by atoms with van der Waals surface area (Å²) in [6.45, 7) is -0.155. The Balaban J connectivity index is 1.82. The highest BCUT2D eigenvalue weighted by molar-refractivity contribution is 5.79. The Labute approximate surface area is 144 Å². The van der Waals surface area contributed by atoms with Crippen molar-refractivity contribution >= 4 is 12.4 Å². The number of ether oxygens (including phenoxy) is 1. The van der Waals surface area contributed by atoms with Gasteiger partial charge < -0.3 is 25.4 Å². The maximum absolute atomic E-state index is 11.6. The van der Waals surface area contributed by atoms with Gasteiger partial charge in [0.05, 0.1) is 5.56 Å². The SMILES string of the molecule is O=Cc1ccc(C(O)C(O)CNC(=O)OCc2ccccc2)cc1O. The largest absolute Gasteiger partial charge is 0.507 e. The van der Waals surface area contributed by atoms with Crippen LogP contribution in [0.15, 0.2) is 48.5 Å². The number of hydrogen-bond donors (Lipinski definition) is 4. The van der Waals surface area contributed by atoms with Crippen molar-refractivity contribution in [2.24, 2.45) is 0 Å². The molecule has 2 unspecified atom stereocenters. The van der Waals surface area contributed by atoms with Crippen molar-refractivity contribution in [2.45, 2.75) is 18.8 Å². The number of phenols is 1. The fraction of sp³-hybridized carbons (Fsp3) is 0.222. The highest BCUT2D eigenvalue weighted by Gasteiger charge is 2.20. The third-order valence-electron chi connectivity index (χ3n) is 3.56. The van der Waals surface area contributed by atoms with E-state index >= 15 is 0 Å². The van der Waals surface area contributed by atoms with Crippen LogP contribution in [0.1, 0.15) is 27.6 Å². The van der Waals surface area contributed by atoms with E-state index in [2.05, 4.69) is 5.32 Å². The summed E-state index contributed by atoms with van der Waals surface area (Å²) in [4.78, 5) is 22.3. The number of carbonyl (C=O) groups excluding carboxylic acids is 2. The van der Waals surface area contributed by atoms with E-state index in [1.807, 2.05) is 18.2 Å². The lowest BCUT2D eigenvalue weighted by Gasteiger charge is -2.19. The zero-order valence-corrected chi connectivity index (χ0v) is 13.3. The van der Waals surface area contributed by atoms with Crippen LogP contribution < -0.4 is 5.32 Å². The number of rotatable bonds is 7. The molecule has 0 bridgehead atoms. The summed E-state index contributed by atoms with van der Waals surface area (Å²) in [5.41, 5.74) is 1.12. The lowest BCUT2D eigenvalue weighted by molar-refractivity contribution is 0.0183. The topological polar surface area (TPSA) is 116 Å². The first-order valence-corrected chi connectivity index (χ1v) is 7.60. The number of benzene rings is 2. The molecule has 0 spiro atoms. The second-order valence-electron chi connectivity index (χ2n) is 5.39. The second-order valence-corrected chi connectivity index (χ2v) is 5.39. The highest BCUT2D eigenvalue weighted by atomic mass is 16.5. The first-order valence-electron chi connectivity index (χ1n) is 7.60. The molecule has 0 saturated heterocycles. The van der Waals surface area contributed by atoms with Gasteiger partial charge in [-0.1, -0.05) is 36.4 Å². The van der Waals surface area contributed by atoms with Crippen molar-refractivity contribution in [3.8, 4) is 5.75 Å². The number of nitrogens with one attached hydrogen (secondary N) is 1. The van der Waals surface area contributed by atoms with E-state index in [4.69, 9.17) is 4.74 Å². The molecule has 0 fully saturated rings. The monoisotopic (exact) mass is 345 g/mol. The fourth-order valence-electron chi connectivity index (χ4n) is 2.14. The maximum atomic E-state index is 11.6. The van der Waals surface area contributed by atoms with E-state index < -0.39 is 18.3 Å². The average Bonchev–Trinajstić information content (AvgIpc) is 2.64. The Morgan fingerprint density at radius 1 is 1.16 bits per heavy atom. The quantitative estimate of drug-likeness (QED) is 0.566. The molecule has 0 heterocycles. The van der Waals surface area contributed by atoms with Crippen LogP contribution in [0.3, 0.4) is 0 Å². The predicted molar refractivity (Wildman–Crippen MR) is 89.1 cm³/mol. The molecule has 2 aromatic carbocycles. The van der Waals surface area contributed by atoms with Crippen LogP contribution in [0.25, 0.3) is 0 Å². The number of aldehydes is 1. The van der Waals surface area contributed by atoms with Crippen molar-refractivity contribution in [1.82, 2.24) is 5.32 Å². The smallest absolute Gasteiger partial charge is 0.407 e. The van der Waals surface area contributed by atoms with Crippen molar-refractivity contribution in [2.75, 3.05) is 6.54 Å². The minimum absolute atomic E-state index is 0.0769. The molecule has 2 aromatic rings. The maximum Gasteiger partial charge on any atom is 0.407 e. The van der Waals surface area contributed by atoms with Crippen LogP contribution >= 0.6 is 0 Å². The van der Waals surface area contributed by atoms with Crippen LogP contribution in [-0.4, -0.2) is 40.3 Å². The summed E-state index contributed by atoms with van der Waals surface area (Å²) in [5, 5.41) is 32.0. The summed E-state index contributed by atoms with van der Waals surface area (Å²) in [5.74, 6) is -0.297. The van der Waals surface area contributed by atoms with Gasteiger partial charge in [0.15, 0.2) is 6.29 Å². The summed E-state index contributed by atoms with van der Waals surface area (Å²) < 4.78 is 4.99. The van der Waals surface area contributed by atoms with Gasteiger partial charge in [-0.05, 0) is 23.3 Å². The third kappa shape index (κ3) is 5.30. The molecular formula is C18H19NO6. The van der Waals surface area contributed by atoms with Crippen LogP contribution in [0.4, 0.5) is 4.79 Å². The van der Waals surface area contributed by atoms with E-state index in [1.165, 1.54) is 18.2 Å². The molecule has 2 atom stereocenters. The van der Waals surface area contributed by atoms with Gasteiger partial charge in [0, 0.05) is 6.54 Å². The zero-order chi connectivity index (χ0) is 18.2. The average molecular weight is 345 g/mol. The number of aliphatic hydroxyl groups is 2. The Kier molecular flexibility index (Phi) is 6.50. The minimum Gasteiger partial charge on any atom is -0.507 e. The molecule has 0 aromatic heterocycles. The van der Waals surface area contributed by atoms with Gasteiger partial charge in [-0.3, -0.25) is 4.79 Å². The molecule has 0 radical (unpaired) electrons. The van der Waals surface area contributed by atoms with Crippen molar-refractivity contribution in [3.63, 3.8) is 0 Å². The summed E-state index contributed by atoms with van der Waals surface area (Å²) >= 11 is 0. The van der Waals surface area contributed by atoms with Gasteiger partial charge in [0.1, 0.15) is 24.6 Å². The van der Waals surface area contributed by atoms with Crippen molar-refractivity contribution in [3.05, 3.63) is 65.2 Å². The van der Waals surface area contributed by atoms with Gasteiger partial charge in [0.25, 0.3) is 0 Å². The second kappa shape index (κ2) is 8.81. The summed E-state index contributed by atoms with van der Waals surface area (Å²) in [6.07, 6.45) is -2.91. The van der Waals surface area contributed by atoms with Gasteiger partial charge in [0.2, 0.25) is 0 Å². The summed E-state index contributed by atoms with van der Waals surface area (Å²) in [7, 11) is 0. The standard InChI is InChI=1S/C18H19NO6/c20-10-14-7-6-13(8-15(14)21)17(23)16(22)9-19-18(24)25-11-12-4-2-1-3-5-12/h1-8,10,16-17,21-23H,9,11H2,(H,19,24). The van der Waals surface area contributed by atoms with E-state index in [1.54, 1.807) is 12.1 Å². The third-order valence-corrected chi connectivity index (χ3v) is 3.56. The lowest BCUT2D eigenvalue weighted by atomic mass is 10.0. The zero-order valence-electron chi connectivity index (χ0n) is 13.3. The normalized spacial score (nSPS) is 12.9. The molecule has 132 valence electrons. The van der Waals surface area contributed by atoms with Crippen LogP contribution in [0.2, 0.25) is 0 Å². The number of carbonyl (C=O) groups is 2. The number of hydrogen-bond acceptors (Lipinski definition) is 6. The van der Waals surface area contributed by atoms with E-state index in [0.29, 0.717) is 6.29 Å². The molecule has 0 aliphatic rings. The number of amides is 1. The predicted octanol–water partition coefficient (Wildman–Crippen LogP) is 1.53. The van der Waals surface area contributed by atoms with Crippen molar-refractivity contribution < 1.29 is 29.6 Å². The van der Waals surface area contributed by atoms with E-state index in [9.17, 15) is 24.9 Å². The summed E-state index contributed by atoms with van der Waals surface area (Å²) in [6, 6.07) is 13.0. The molecule has 25 heavy (non-hydrogen) atoms. The van der Waals surface area contributed by atoms with Gasteiger partial charge in [-0.2, -0.15) is 0 Å². The Bertz CT molecular complexity index is 719. The highest BCUT2D eigenvalue weighted by Crippen LogP contribution is 2.23.